The zero-order chi connectivity index (χ0) is 8.91. The van der Waals surface area contributed by atoms with Crippen molar-refractivity contribution in [2.45, 2.75) is 44.9 Å². The largest absolute Gasteiger partial charge is 0.103 e. The van der Waals surface area contributed by atoms with Gasteiger partial charge in [0.05, 0.1) is 0 Å². The van der Waals surface area contributed by atoms with Gasteiger partial charge in [-0.15, -0.1) is 6.58 Å². The molecule has 0 aliphatic carbocycles. The Morgan fingerprint density at radius 1 is 1.45 bits per heavy atom. The van der Waals surface area contributed by atoms with E-state index in [0.717, 1.165) is 6.42 Å². The normalized spacial score (nSPS) is 14.5. The maximum absolute atomic E-state index is 3.70. The number of hydrogen-bond acceptors (Lipinski definition) is 0. The quantitative estimate of drug-likeness (QED) is 0.378. The third-order valence-corrected chi connectivity index (χ3v) is 3.64. The summed E-state index contributed by atoms with van der Waals surface area (Å²) in [4.78, 5) is 0.634. The number of unbranched alkanes of at least 4 members (excludes halogenated alkanes) is 1. The summed E-state index contributed by atoms with van der Waals surface area (Å²) in [6.07, 6.45) is 5.62. The Hall–Kier alpha value is 0.220. The van der Waals surface area contributed by atoms with Gasteiger partial charge in [0.2, 0.25) is 0 Å². The van der Waals surface area contributed by atoms with Gasteiger partial charge in [-0.3, -0.25) is 0 Å². The van der Waals surface area contributed by atoms with Crippen molar-refractivity contribution in [2.75, 3.05) is 0 Å². The van der Waals surface area contributed by atoms with E-state index in [4.69, 9.17) is 0 Å². The summed E-state index contributed by atoms with van der Waals surface area (Å²) in [5, 5.41) is 0. The van der Waals surface area contributed by atoms with Crippen LogP contribution in [-0.2, 0) is 0 Å². The number of rotatable bonds is 4. The van der Waals surface area contributed by atoms with Gasteiger partial charge in [-0.2, -0.15) is 0 Å². The second-order valence-electron chi connectivity index (χ2n) is 4.05. The maximum Gasteiger partial charge on any atom is 0.0194 e. The molecular weight excluding hydrogens is 200 g/mol. The van der Waals surface area contributed by atoms with E-state index >= 15 is 0 Å². The Kier molecular flexibility index (Phi) is 5.07. The van der Waals surface area contributed by atoms with Crippen molar-refractivity contribution in [1.29, 1.82) is 0 Å². The van der Waals surface area contributed by atoms with Crippen LogP contribution in [0.25, 0.3) is 0 Å². The van der Waals surface area contributed by atoms with Crippen LogP contribution in [-0.4, -0.2) is 4.83 Å². The highest BCUT2D eigenvalue weighted by atomic mass is 79.9. The molecule has 0 N–H and O–H groups in total. The second-order valence-corrected chi connectivity index (χ2v) is 5.16. The average molecular weight is 219 g/mol. The van der Waals surface area contributed by atoms with Gasteiger partial charge in [0.1, 0.15) is 0 Å². The molecule has 0 aliphatic rings. The molecule has 0 aromatic carbocycles. The van der Waals surface area contributed by atoms with Crippen LogP contribution in [0, 0.1) is 5.41 Å². The van der Waals surface area contributed by atoms with E-state index in [0.29, 0.717) is 10.2 Å². The zero-order valence-electron chi connectivity index (χ0n) is 7.86. The SMILES string of the molecule is C=CCCCC(Br)C(C)(C)C. The van der Waals surface area contributed by atoms with E-state index in [1.54, 1.807) is 0 Å². The van der Waals surface area contributed by atoms with E-state index in [-0.39, 0.29) is 0 Å². The van der Waals surface area contributed by atoms with Gasteiger partial charge in [-0.05, 0) is 24.7 Å². The number of halogens is 1. The molecule has 0 radical (unpaired) electrons. The lowest BCUT2D eigenvalue weighted by Crippen LogP contribution is -2.19. The van der Waals surface area contributed by atoms with Crippen molar-refractivity contribution in [3.05, 3.63) is 12.7 Å². The second kappa shape index (κ2) is 4.97. The summed E-state index contributed by atoms with van der Waals surface area (Å²) in [7, 11) is 0. The number of hydrogen-bond donors (Lipinski definition) is 0. The Morgan fingerprint density at radius 2 is 2.00 bits per heavy atom. The fourth-order valence-electron chi connectivity index (χ4n) is 0.874. The summed E-state index contributed by atoms with van der Waals surface area (Å²) in [6, 6.07) is 0. The molecule has 0 bridgehead atoms. The van der Waals surface area contributed by atoms with Crippen LogP contribution in [0.5, 0.6) is 0 Å². The van der Waals surface area contributed by atoms with Crippen molar-refractivity contribution in [2.24, 2.45) is 5.41 Å². The molecule has 66 valence electrons. The molecule has 1 heteroatoms. The highest BCUT2D eigenvalue weighted by molar-refractivity contribution is 9.09. The third-order valence-electron chi connectivity index (χ3n) is 1.81. The minimum absolute atomic E-state index is 0.390. The Labute approximate surface area is 79.2 Å². The van der Waals surface area contributed by atoms with Gasteiger partial charge in [-0.1, -0.05) is 42.8 Å². The first kappa shape index (κ1) is 11.2. The van der Waals surface area contributed by atoms with Crippen LogP contribution < -0.4 is 0 Å². The Bertz CT molecular complexity index is 111. The molecular formula is C10H19Br. The fourth-order valence-corrected chi connectivity index (χ4v) is 1.20. The predicted molar refractivity (Wildman–Crippen MR) is 56.2 cm³/mol. The Balaban J connectivity index is 3.52. The molecule has 0 rings (SSSR count). The van der Waals surface area contributed by atoms with Gasteiger partial charge in [0.15, 0.2) is 0 Å². The molecule has 1 unspecified atom stereocenters. The molecule has 0 saturated heterocycles. The van der Waals surface area contributed by atoms with E-state index in [1.165, 1.54) is 12.8 Å². The minimum atomic E-state index is 0.390. The molecule has 0 aromatic rings. The molecule has 0 aliphatic heterocycles. The number of allylic oxidation sites excluding steroid dienone is 1. The predicted octanol–water partition coefficient (Wildman–Crippen LogP) is 4.15. The van der Waals surface area contributed by atoms with Crippen molar-refractivity contribution < 1.29 is 0 Å². The molecule has 0 fully saturated rings. The average Bonchev–Trinajstić information content (AvgIpc) is 1.86. The molecule has 0 nitrogen and oxygen atoms in total. The van der Waals surface area contributed by atoms with E-state index < -0.39 is 0 Å². The highest BCUT2D eigenvalue weighted by Gasteiger charge is 2.20. The summed E-state index contributed by atoms with van der Waals surface area (Å²) >= 11 is 3.69. The van der Waals surface area contributed by atoms with Crippen LogP contribution in [0.15, 0.2) is 12.7 Å². The van der Waals surface area contributed by atoms with E-state index in [1.807, 2.05) is 6.08 Å². The summed E-state index contributed by atoms with van der Waals surface area (Å²) < 4.78 is 0. The molecule has 11 heavy (non-hydrogen) atoms. The van der Waals surface area contributed by atoms with Crippen LogP contribution in [0.3, 0.4) is 0 Å². The molecule has 0 amide bonds. The first-order valence-corrected chi connectivity index (χ1v) is 5.15. The van der Waals surface area contributed by atoms with Crippen molar-refractivity contribution in [3.8, 4) is 0 Å². The van der Waals surface area contributed by atoms with Crippen LogP contribution in [0.1, 0.15) is 40.0 Å². The lowest BCUT2D eigenvalue weighted by Gasteiger charge is -2.25. The highest BCUT2D eigenvalue weighted by Crippen LogP contribution is 2.29. The van der Waals surface area contributed by atoms with Gasteiger partial charge in [0.25, 0.3) is 0 Å². The first-order chi connectivity index (χ1) is 4.98. The van der Waals surface area contributed by atoms with Gasteiger partial charge in [0, 0.05) is 4.83 Å². The zero-order valence-corrected chi connectivity index (χ0v) is 9.45. The van der Waals surface area contributed by atoms with Crippen LogP contribution in [0.4, 0.5) is 0 Å². The molecule has 0 heterocycles. The van der Waals surface area contributed by atoms with Crippen molar-refractivity contribution in [3.63, 3.8) is 0 Å². The first-order valence-electron chi connectivity index (χ1n) is 4.23. The lowest BCUT2D eigenvalue weighted by atomic mass is 9.89. The smallest absolute Gasteiger partial charge is 0.0194 e. The monoisotopic (exact) mass is 218 g/mol. The molecule has 0 spiro atoms. The van der Waals surface area contributed by atoms with Gasteiger partial charge in [-0.25, -0.2) is 0 Å². The maximum atomic E-state index is 3.70. The fraction of sp³-hybridized carbons (Fsp3) is 0.800. The number of alkyl halides is 1. The lowest BCUT2D eigenvalue weighted by molar-refractivity contribution is 0.381. The third kappa shape index (κ3) is 5.49. The summed E-state index contributed by atoms with van der Waals surface area (Å²) in [5.74, 6) is 0. The van der Waals surface area contributed by atoms with Crippen molar-refractivity contribution >= 4 is 15.9 Å². The summed E-state index contributed by atoms with van der Waals surface area (Å²) in [5.41, 5.74) is 0.390. The topological polar surface area (TPSA) is 0 Å². The standard InChI is InChI=1S/C10H19Br/c1-5-6-7-8-9(11)10(2,3)4/h5,9H,1,6-8H2,2-4H3. The van der Waals surface area contributed by atoms with E-state index in [2.05, 4.69) is 43.3 Å². The molecule has 1 atom stereocenters. The molecule has 0 aromatic heterocycles. The summed E-state index contributed by atoms with van der Waals surface area (Å²) in [6.45, 7) is 10.5. The van der Waals surface area contributed by atoms with Crippen LogP contribution >= 0.6 is 15.9 Å². The minimum Gasteiger partial charge on any atom is -0.103 e. The van der Waals surface area contributed by atoms with Gasteiger partial charge >= 0.3 is 0 Å². The molecule has 0 saturated carbocycles. The van der Waals surface area contributed by atoms with E-state index in [9.17, 15) is 0 Å². The van der Waals surface area contributed by atoms with Crippen LogP contribution in [0.2, 0.25) is 0 Å². The van der Waals surface area contributed by atoms with Crippen molar-refractivity contribution in [1.82, 2.24) is 0 Å². The van der Waals surface area contributed by atoms with Gasteiger partial charge < -0.3 is 0 Å². The Morgan fingerprint density at radius 3 is 2.36 bits per heavy atom.